The molecule has 0 unspecified atom stereocenters. The number of hydrogen-bond donors (Lipinski definition) is 0. The zero-order valence-electron chi connectivity index (χ0n) is 9.34. The SMILES string of the molecule is C=C/C(=C\N=C(C)CCC)C(=O)CC. The van der Waals surface area contributed by atoms with Gasteiger partial charge in [0.1, 0.15) is 0 Å². The van der Waals surface area contributed by atoms with Crippen molar-refractivity contribution in [3.8, 4) is 0 Å². The predicted octanol–water partition coefficient (Wildman–Crippen LogP) is 3.30. The molecule has 0 saturated heterocycles. The molecule has 2 heteroatoms. The van der Waals surface area contributed by atoms with E-state index in [1.165, 1.54) is 0 Å². The summed E-state index contributed by atoms with van der Waals surface area (Å²) in [5.41, 5.74) is 1.65. The lowest BCUT2D eigenvalue weighted by molar-refractivity contribution is -0.115. The highest BCUT2D eigenvalue weighted by Crippen LogP contribution is 2.02. The van der Waals surface area contributed by atoms with E-state index in [4.69, 9.17) is 0 Å². The van der Waals surface area contributed by atoms with Crippen LogP contribution in [0.5, 0.6) is 0 Å². The second kappa shape index (κ2) is 7.25. The van der Waals surface area contributed by atoms with Crippen molar-refractivity contribution in [2.45, 2.75) is 40.0 Å². The molecular weight excluding hydrogens is 174 g/mol. The largest absolute Gasteiger partial charge is 0.294 e. The van der Waals surface area contributed by atoms with Crippen molar-refractivity contribution in [2.24, 2.45) is 4.99 Å². The first-order chi connectivity index (χ1) is 6.65. The molecular formula is C12H19NO. The van der Waals surface area contributed by atoms with Crippen LogP contribution in [0.4, 0.5) is 0 Å². The van der Waals surface area contributed by atoms with Gasteiger partial charge in [-0.1, -0.05) is 32.9 Å². The van der Waals surface area contributed by atoms with Crippen LogP contribution in [0.15, 0.2) is 29.4 Å². The molecule has 0 spiro atoms. The van der Waals surface area contributed by atoms with Crippen LogP contribution in [0.1, 0.15) is 40.0 Å². The van der Waals surface area contributed by atoms with Gasteiger partial charge in [-0.15, -0.1) is 0 Å². The maximum atomic E-state index is 11.3. The van der Waals surface area contributed by atoms with E-state index < -0.39 is 0 Å². The molecule has 0 aromatic carbocycles. The fraction of sp³-hybridized carbons (Fsp3) is 0.500. The predicted molar refractivity (Wildman–Crippen MR) is 61.6 cm³/mol. The van der Waals surface area contributed by atoms with Gasteiger partial charge in [0, 0.05) is 23.9 Å². The van der Waals surface area contributed by atoms with Crippen molar-refractivity contribution in [1.29, 1.82) is 0 Å². The number of nitrogens with zero attached hydrogens (tertiary/aromatic N) is 1. The molecule has 0 fully saturated rings. The van der Waals surface area contributed by atoms with Crippen LogP contribution < -0.4 is 0 Å². The quantitative estimate of drug-likeness (QED) is 0.361. The van der Waals surface area contributed by atoms with E-state index in [-0.39, 0.29) is 5.78 Å². The van der Waals surface area contributed by atoms with Crippen LogP contribution in [-0.4, -0.2) is 11.5 Å². The first-order valence-electron chi connectivity index (χ1n) is 5.04. The molecule has 0 amide bonds. The summed E-state index contributed by atoms with van der Waals surface area (Å²) in [6.07, 6.45) is 5.73. The molecule has 0 N–H and O–H groups in total. The summed E-state index contributed by atoms with van der Waals surface area (Å²) < 4.78 is 0. The van der Waals surface area contributed by atoms with Crippen LogP contribution in [0, 0.1) is 0 Å². The molecule has 0 bridgehead atoms. The number of rotatable bonds is 6. The minimum absolute atomic E-state index is 0.0908. The van der Waals surface area contributed by atoms with Gasteiger partial charge < -0.3 is 0 Å². The van der Waals surface area contributed by atoms with Crippen LogP contribution in [0.25, 0.3) is 0 Å². The molecule has 0 rings (SSSR count). The number of Topliss-reactive ketones (excluding diaryl/α,β-unsaturated/α-hetero) is 1. The average Bonchev–Trinajstić information content (AvgIpc) is 2.18. The Kier molecular flexibility index (Phi) is 6.63. The van der Waals surface area contributed by atoms with Gasteiger partial charge in [-0.05, 0) is 13.3 Å². The summed E-state index contributed by atoms with van der Waals surface area (Å²) in [5.74, 6) is 0.0908. The highest BCUT2D eigenvalue weighted by molar-refractivity contribution is 5.97. The smallest absolute Gasteiger partial charge is 0.164 e. The molecule has 0 atom stereocenters. The van der Waals surface area contributed by atoms with E-state index in [0.29, 0.717) is 12.0 Å². The van der Waals surface area contributed by atoms with Gasteiger partial charge in [-0.25, -0.2) is 0 Å². The molecule has 0 saturated carbocycles. The molecule has 0 aromatic heterocycles. The van der Waals surface area contributed by atoms with Crippen LogP contribution in [-0.2, 0) is 4.79 Å². The zero-order valence-corrected chi connectivity index (χ0v) is 9.34. The summed E-state index contributed by atoms with van der Waals surface area (Å²) in [7, 11) is 0. The number of allylic oxidation sites excluding steroid dienone is 2. The van der Waals surface area contributed by atoms with Crippen molar-refractivity contribution >= 4 is 11.5 Å². The first-order valence-corrected chi connectivity index (χ1v) is 5.04. The van der Waals surface area contributed by atoms with Gasteiger partial charge in [0.05, 0.1) is 0 Å². The zero-order chi connectivity index (χ0) is 11.0. The monoisotopic (exact) mass is 193 g/mol. The molecule has 0 radical (unpaired) electrons. The minimum atomic E-state index is 0.0908. The topological polar surface area (TPSA) is 29.4 Å². The van der Waals surface area contributed by atoms with Gasteiger partial charge in [0.25, 0.3) is 0 Å². The highest BCUT2D eigenvalue weighted by atomic mass is 16.1. The number of carbonyl (C=O) groups is 1. The van der Waals surface area contributed by atoms with E-state index >= 15 is 0 Å². The van der Waals surface area contributed by atoms with E-state index in [0.717, 1.165) is 18.6 Å². The maximum Gasteiger partial charge on any atom is 0.164 e. The molecule has 0 aromatic rings. The summed E-state index contributed by atoms with van der Waals surface area (Å²) >= 11 is 0. The van der Waals surface area contributed by atoms with Crippen LogP contribution in [0.2, 0.25) is 0 Å². The Morgan fingerprint density at radius 2 is 2.07 bits per heavy atom. The summed E-state index contributed by atoms with van der Waals surface area (Å²) in [6, 6.07) is 0. The lowest BCUT2D eigenvalue weighted by Gasteiger charge is -1.97. The van der Waals surface area contributed by atoms with Crippen molar-refractivity contribution in [3.05, 3.63) is 24.4 Å². The van der Waals surface area contributed by atoms with E-state index in [1.807, 2.05) is 13.8 Å². The van der Waals surface area contributed by atoms with Gasteiger partial charge in [-0.3, -0.25) is 9.79 Å². The Hall–Kier alpha value is -1.18. The Labute approximate surface area is 86.4 Å². The second-order valence-corrected chi connectivity index (χ2v) is 3.18. The second-order valence-electron chi connectivity index (χ2n) is 3.18. The molecule has 2 nitrogen and oxygen atoms in total. The Balaban J connectivity index is 4.53. The minimum Gasteiger partial charge on any atom is -0.294 e. The lowest BCUT2D eigenvalue weighted by Crippen LogP contribution is -1.97. The fourth-order valence-corrected chi connectivity index (χ4v) is 1.05. The van der Waals surface area contributed by atoms with Gasteiger partial charge in [0.15, 0.2) is 5.78 Å². The summed E-state index contributed by atoms with van der Waals surface area (Å²) in [4.78, 5) is 15.5. The third-order valence-corrected chi connectivity index (χ3v) is 1.90. The van der Waals surface area contributed by atoms with Crippen molar-refractivity contribution in [3.63, 3.8) is 0 Å². The summed E-state index contributed by atoms with van der Waals surface area (Å²) in [6.45, 7) is 9.51. The van der Waals surface area contributed by atoms with Gasteiger partial charge in [0.2, 0.25) is 0 Å². The highest BCUT2D eigenvalue weighted by Gasteiger charge is 2.01. The molecule has 0 aliphatic heterocycles. The van der Waals surface area contributed by atoms with E-state index in [9.17, 15) is 4.79 Å². The normalized spacial score (nSPS) is 12.8. The third-order valence-electron chi connectivity index (χ3n) is 1.90. The summed E-state index contributed by atoms with van der Waals surface area (Å²) in [5, 5.41) is 0. The molecule has 14 heavy (non-hydrogen) atoms. The lowest BCUT2D eigenvalue weighted by atomic mass is 10.1. The Morgan fingerprint density at radius 1 is 1.43 bits per heavy atom. The first kappa shape index (κ1) is 12.8. The van der Waals surface area contributed by atoms with Gasteiger partial charge in [-0.2, -0.15) is 0 Å². The number of aliphatic imine (C=N–C) groups is 1. The maximum absolute atomic E-state index is 11.3. The molecule has 78 valence electrons. The standard InChI is InChI=1S/C12H19NO/c1-5-8-10(4)13-9-11(6-2)12(14)7-3/h6,9H,2,5,7-8H2,1,3-4H3/b11-9+,13-10?. The average molecular weight is 193 g/mol. The van der Waals surface area contributed by atoms with E-state index in [2.05, 4.69) is 18.5 Å². The third kappa shape index (κ3) is 4.75. The van der Waals surface area contributed by atoms with Crippen molar-refractivity contribution < 1.29 is 4.79 Å². The number of hydrogen-bond acceptors (Lipinski definition) is 2. The fourth-order valence-electron chi connectivity index (χ4n) is 1.05. The Morgan fingerprint density at radius 3 is 2.50 bits per heavy atom. The number of carbonyl (C=O) groups excluding carboxylic acids is 1. The molecule has 0 aliphatic rings. The van der Waals surface area contributed by atoms with Crippen LogP contribution >= 0.6 is 0 Å². The molecule has 0 heterocycles. The van der Waals surface area contributed by atoms with Crippen molar-refractivity contribution in [2.75, 3.05) is 0 Å². The molecule has 0 aliphatic carbocycles. The van der Waals surface area contributed by atoms with Crippen LogP contribution in [0.3, 0.4) is 0 Å². The van der Waals surface area contributed by atoms with E-state index in [1.54, 1.807) is 12.3 Å². The van der Waals surface area contributed by atoms with Crippen molar-refractivity contribution in [1.82, 2.24) is 0 Å². The van der Waals surface area contributed by atoms with Gasteiger partial charge >= 0.3 is 0 Å². The number of ketones is 1. The Bertz CT molecular complexity index is 261.